The number of nitrogens with two attached hydrogens (primary N) is 2. The van der Waals surface area contributed by atoms with Crippen molar-refractivity contribution in [2.24, 2.45) is 0 Å². The number of nitrogens with zero attached hydrogens (tertiary/aromatic N) is 1. The summed E-state index contributed by atoms with van der Waals surface area (Å²) < 4.78 is 0. The maximum Gasteiger partial charge on any atom is 0.149 e. The van der Waals surface area contributed by atoms with Gasteiger partial charge in [0.25, 0.3) is 0 Å². The molecular formula is C10H16N4. The predicted molar refractivity (Wildman–Crippen MR) is 61.0 cm³/mol. The first-order valence-corrected chi connectivity index (χ1v) is 4.61. The lowest BCUT2D eigenvalue weighted by atomic mass is 10.3. The monoisotopic (exact) mass is 192 g/mol. The third-order valence-electron chi connectivity index (χ3n) is 1.81. The summed E-state index contributed by atoms with van der Waals surface area (Å²) in [6, 6.07) is 3.57. The van der Waals surface area contributed by atoms with Gasteiger partial charge in [-0.05, 0) is 25.5 Å². The minimum atomic E-state index is 0.376. The molecule has 0 saturated heterocycles. The Kier molecular flexibility index (Phi) is 3.79. The van der Waals surface area contributed by atoms with Crippen molar-refractivity contribution in [1.82, 2.24) is 4.98 Å². The number of nitrogens with one attached hydrogen (secondary N) is 1. The number of allylic oxidation sites excluding steroid dienone is 1. The maximum absolute atomic E-state index is 5.56. The zero-order chi connectivity index (χ0) is 10.4. The van der Waals surface area contributed by atoms with Crippen molar-refractivity contribution in [3.8, 4) is 0 Å². The fourth-order valence-corrected chi connectivity index (χ4v) is 1.03. The molecule has 0 amide bonds. The van der Waals surface area contributed by atoms with Gasteiger partial charge >= 0.3 is 0 Å². The SMILES string of the molecule is C/C=C/CCNc1ccc(N)c(N)n1. The van der Waals surface area contributed by atoms with Crippen molar-refractivity contribution in [2.45, 2.75) is 13.3 Å². The lowest BCUT2D eigenvalue weighted by Gasteiger charge is -2.05. The summed E-state index contributed by atoms with van der Waals surface area (Å²) in [6.07, 6.45) is 5.09. The number of nitrogen functional groups attached to an aromatic ring is 2. The molecule has 0 aromatic carbocycles. The minimum absolute atomic E-state index is 0.376. The van der Waals surface area contributed by atoms with E-state index in [1.165, 1.54) is 0 Å². The van der Waals surface area contributed by atoms with Crippen LogP contribution in [0, 0.1) is 0 Å². The van der Waals surface area contributed by atoms with Crippen molar-refractivity contribution < 1.29 is 0 Å². The molecule has 0 atom stereocenters. The van der Waals surface area contributed by atoms with Gasteiger partial charge in [-0.1, -0.05) is 12.2 Å². The molecule has 4 heteroatoms. The molecule has 0 saturated carbocycles. The number of hydrogen-bond acceptors (Lipinski definition) is 4. The van der Waals surface area contributed by atoms with Crippen molar-refractivity contribution in [3.05, 3.63) is 24.3 Å². The van der Waals surface area contributed by atoms with Gasteiger partial charge in [0.05, 0.1) is 5.69 Å². The lowest BCUT2D eigenvalue weighted by molar-refractivity contribution is 1.05. The van der Waals surface area contributed by atoms with Crippen LogP contribution >= 0.6 is 0 Å². The van der Waals surface area contributed by atoms with Gasteiger partial charge in [-0.15, -0.1) is 0 Å². The topological polar surface area (TPSA) is 77.0 Å². The Morgan fingerprint density at radius 1 is 1.43 bits per heavy atom. The molecule has 5 N–H and O–H groups in total. The van der Waals surface area contributed by atoms with Gasteiger partial charge in [-0.3, -0.25) is 0 Å². The van der Waals surface area contributed by atoms with E-state index in [9.17, 15) is 0 Å². The van der Waals surface area contributed by atoms with Gasteiger partial charge in [0.1, 0.15) is 11.6 Å². The van der Waals surface area contributed by atoms with Crippen molar-refractivity contribution in [3.63, 3.8) is 0 Å². The average Bonchev–Trinajstić information content (AvgIpc) is 2.18. The third kappa shape index (κ3) is 2.97. The molecule has 76 valence electrons. The fraction of sp³-hybridized carbons (Fsp3) is 0.300. The maximum atomic E-state index is 5.56. The molecule has 1 aromatic heterocycles. The molecule has 0 unspecified atom stereocenters. The first-order chi connectivity index (χ1) is 6.74. The van der Waals surface area contributed by atoms with E-state index >= 15 is 0 Å². The number of hydrogen-bond donors (Lipinski definition) is 3. The largest absolute Gasteiger partial charge is 0.396 e. The molecule has 0 aliphatic carbocycles. The second-order valence-corrected chi connectivity index (χ2v) is 2.96. The quantitative estimate of drug-likeness (QED) is 0.500. The van der Waals surface area contributed by atoms with Crippen LogP contribution < -0.4 is 16.8 Å². The zero-order valence-electron chi connectivity index (χ0n) is 8.33. The smallest absolute Gasteiger partial charge is 0.149 e. The van der Waals surface area contributed by atoms with Gasteiger partial charge in [-0.2, -0.15) is 0 Å². The van der Waals surface area contributed by atoms with E-state index in [0.29, 0.717) is 11.5 Å². The fourth-order valence-electron chi connectivity index (χ4n) is 1.03. The van der Waals surface area contributed by atoms with E-state index in [1.807, 2.05) is 19.1 Å². The summed E-state index contributed by atoms with van der Waals surface area (Å²) >= 11 is 0. The van der Waals surface area contributed by atoms with Crippen LogP contribution in [0.5, 0.6) is 0 Å². The van der Waals surface area contributed by atoms with E-state index in [1.54, 1.807) is 6.07 Å². The van der Waals surface area contributed by atoms with Crippen molar-refractivity contribution in [2.75, 3.05) is 23.3 Å². The van der Waals surface area contributed by atoms with Crippen molar-refractivity contribution in [1.29, 1.82) is 0 Å². The number of pyridine rings is 1. The van der Waals surface area contributed by atoms with Crippen LogP contribution in [0.4, 0.5) is 17.3 Å². The van der Waals surface area contributed by atoms with E-state index in [4.69, 9.17) is 11.5 Å². The van der Waals surface area contributed by atoms with Crippen LogP contribution in [-0.4, -0.2) is 11.5 Å². The summed E-state index contributed by atoms with van der Waals surface area (Å²) in [4.78, 5) is 4.09. The van der Waals surface area contributed by atoms with E-state index in [2.05, 4.69) is 16.4 Å². The molecule has 0 fully saturated rings. The standard InChI is InChI=1S/C10H16N4/c1-2-3-4-7-13-9-6-5-8(11)10(12)14-9/h2-3,5-6H,4,7,11H2,1H3,(H3,12,13,14)/b3-2+. The van der Waals surface area contributed by atoms with Gasteiger partial charge in [0.15, 0.2) is 0 Å². The molecule has 4 nitrogen and oxygen atoms in total. The summed E-state index contributed by atoms with van der Waals surface area (Å²) in [7, 11) is 0. The summed E-state index contributed by atoms with van der Waals surface area (Å²) in [5.41, 5.74) is 11.6. The number of rotatable bonds is 4. The van der Waals surface area contributed by atoms with Gasteiger partial charge in [0.2, 0.25) is 0 Å². The Hall–Kier alpha value is -1.71. The molecule has 1 aromatic rings. The average molecular weight is 192 g/mol. The van der Waals surface area contributed by atoms with E-state index in [-0.39, 0.29) is 0 Å². The molecular weight excluding hydrogens is 176 g/mol. The Balaban J connectivity index is 2.47. The second kappa shape index (κ2) is 5.11. The highest BCUT2D eigenvalue weighted by atomic mass is 15.0. The molecule has 0 aliphatic heterocycles. The van der Waals surface area contributed by atoms with E-state index < -0.39 is 0 Å². The van der Waals surface area contributed by atoms with Crippen LogP contribution in [0.15, 0.2) is 24.3 Å². The molecule has 0 radical (unpaired) electrons. The highest BCUT2D eigenvalue weighted by Gasteiger charge is 1.97. The summed E-state index contributed by atoms with van der Waals surface area (Å²) in [5, 5.41) is 3.15. The highest BCUT2D eigenvalue weighted by molar-refractivity contribution is 5.61. The van der Waals surface area contributed by atoms with Crippen LogP contribution in [0.3, 0.4) is 0 Å². The molecule has 14 heavy (non-hydrogen) atoms. The normalized spacial score (nSPS) is 10.6. The highest BCUT2D eigenvalue weighted by Crippen LogP contribution is 2.14. The zero-order valence-corrected chi connectivity index (χ0v) is 8.33. The van der Waals surface area contributed by atoms with E-state index in [0.717, 1.165) is 18.8 Å². The van der Waals surface area contributed by atoms with Gasteiger partial charge in [0, 0.05) is 6.54 Å². The van der Waals surface area contributed by atoms with Crippen LogP contribution in [0.2, 0.25) is 0 Å². The van der Waals surface area contributed by atoms with Gasteiger partial charge in [-0.25, -0.2) is 4.98 Å². The first-order valence-electron chi connectivity index (χ1n) is 4.61. The Morgan fingerprint density at radius 3 is 2.86 bits per heavy atom. The summed E-state index contributed by atoms with van der Waals surface area (Å²) in [6.45, 7) is 2.85. The Bertz CT molecular complexity index is 320. The molecule has 0 bridgehead atoms. The van der Waals surface area contributed by atoms with Crippen LogP contribution in [0.1, 0.15) is 13.3 Å². The lowest BCUT2D eigenvalue weighted by Crippen LogP contribution is -2.05. The Labute approximate surface area is 84.0 Å². The Morgan fingerprint density at radius 2 is 2.21 bits per heavy atom. The minimum Gasteiger partial charge on any atom is -0.396 e. The number of anilines is 3. The third-order valence-corrected chi connectivity index (χ3v) is 1.81. The number of aromatic nitrogens is 1. The molecule has 1 heterocycles. The van der Waals surface area contributed by atoms with Crippen LogP contribution in [0.25, 0.3) is 0 Å². The molecule has 0 spiro atoms. The first kappa shape index (κ1) is 10.4. The predicted octanol–water partition coefficient (Wildman–Crippen LogP) is 1.62. The van der Waals surface area contributed by atoms with Gasteiger partial charge < -0.3 is 16.8 Å². The van der Waals surface area contributed by atoms with Crippen molar-refractivity contribution >= 4 is 17.3 Å². The molecule has 0 aliphatic rings. The summed E-state index contributed by atoms with van der Waals surface area (Å²) in [5.74, 6) is 1.14. The second-order valence-electron chi connectivity index (χ2n) is 2.96. The van der Waals surface area contributed by atoms with Crippen LogP contribution in [-0.2, 0) is 0 Å². The molecule has 1 rings (SSSR count).